The van der Waals surface area contributed by atoms with Gasteiger partial charge >= 0.3 is 0 Å². The van der Waals surface area contributed by atoms with Gasteiger partial charge in [-0.1, -0.05) is 48.0 Å². The number of aryl methyl sites for hydroxylation is 1. The van der Waals surface area contributed by atoms with E-state index in [0.29, 0.717) is 24.4 Å². The first-order chi connectivity index (χ1) is 10.7. The van der Waals surface area contributed by atoms with E-state index in [0.717, 1.165) is 23.1 Å². The maximum atomic E-state index is 11.8. The highest BCUT2D eigenvalue weighted by Gasteiger charge is 2.02. The van der Waals surface area contributed by atoms with Crippen LogP contribution in [0, 0.1) is 0 Å². The van der Waals surface area contributed by atoms with Crippen molar-refractivity contribution in [2.75, 3.05) is 6.54 Å². The predicted molar refractivity (Wildman–Crippen MR) is 88.9 cm³/mol. The van der Waals surface area contributed by atoms with E-state index in [1.54, 1.807) is 0 Å². The standard InChI is InChI=1S/C18H20ClNO2/c19-17-8-5-14(6-9-17)7-10-18(22)20-12-11-15-1-3-16(13-21)4-2-15/h1-6,8-9,21H,7,10-13H2,(H,20,22). The molecule has 0 radical (unpaired) electrons. The normalized spacial score (nSPS) is 10.5. The monoisotopic (exact) mass is 317 g/mol. The molecule has 0 fully saturated rings. The number of aliphatic hydroxyl groups is 1. The molecule has 0 aliphatic heterocycles. The van der Waals surface area contributed by atoms with Crippen LogP contribution in [0.1, 0.15) is 23.1 Å². The van der Waals surface area contributed by atoms with Crippen LogP contribution in [0.4, 0.5) is 0 Å². The maximum absolute atomic E-state index is 11.8. The number of benzene rings is 2. The highest BCUT2D eigenvalue weighted by molar-refractivity contribution is 6.30. The van der Waals surface area contributed by atoms with Crippen molar-refractivity contribution in [3.05, 3.63) is 70.2 Å². The molecule has 0 aromatic heterocycles. The Morgan fingerprint density at radius 2 is 1.45 bits per heavy atom. The lowest BCUT2D eigenvalue weighted by Gasteiger charge is -2.06. The molecule has 1 amide bonds. The van der Waals surface area contributed by atoms with Gasteiger partial charge in [0, 0.05) is 18.0 Å². The molecule has 2 rings (SSSR count). The quantitative estimate of drug-likeness (QED) is 0.824. The Morgan fingerprint density at radius 3 is 2.09 bits per heavy atom. The van der Waals surface area contributed by atoms with Gasteiger partial charge in [0.05, 0.1) is 6.61 Å². The first-order valence-electron chi connectivity index (χ1n) is 7.37. The molecule has 0 saturated heterocycles. The van der Waals surface area contributed by atoms with E-state index in [9.17, 15) is 4.79 Å². The Bertz CT molecular complexity index is 593. The minimum absolute atomic E-state index is 0.0573. The van der Waals surface area contributed by atoms with Crippen LogP contribution in [0.5, 0.6) is 0 Å². The summed E-state index contributed by atoms with van der Waals surface area (Å²) in [6.45, 7) is 0.680. The lowest BCUT2D eigenvalue weighted by atomic mass is 10.1. The molecule has 2 aromatic rings. The number of carbonyl (C=O) groups is 1. The van der Waals surface area contributed by atoms with Gasteiger partial charge in [-0.15, -0.1) is 0 Å². The summed E-state index contributed by atoms with van der Waals surface area (Å²) in [5.74, 6) is 0.0573. The second-order valence-corrected chi connectivity index (χ2v) is 5.64. The number of aliphatic hydroxyl groups excluding tert-OH is 1. The van der Waals surface area contributed by atoms with E-state index in [2.05, 4.69) is 5.32 Å². The molecule has 0 aliphatic rings. The van der Waals surface area contributed by atoms with Crippen molar-refractivity contribution < 1.29 is 9.90 Å². The molecule has 0 aliphatic carbocycles. The molecule has 3 nitrogen and oxygen atoms in total. The smallest absolute Gasteiger partial charge is 0.220 e. The third-order valence-electron chi connectivity index (χ3n) is 3.50. The molecule has 0 heterocycles. The van der Waals surface area contributed by atoms with E-state index in [4.69, 9.17) is 16.7 Å². The summed E-state index contributed by atoms with van der Waals surface area (Å²) in [6.07, 6.45) is 1.98. The topological polar surface area (TPSA) is 49.3 Å². The van der Waals surface area contributed by atoms with Gasteiger partial charge in [-0.05, 0) is 41.7 Å². The van der Waals surface area contributed by atoms with Gasteiger partial charge < -0.3 is 10.4 Å². The van der Waals surface area contributed by atoms with Crippen molar-refractivity contribution in [2.24, 2.45) is 0 Å². The van der Waals surface area contributed by atoms with E-state index in [-0.39, 0.29) is 12.5 Å². The Kier molecular flexibility index (Phi) is 6.44. The fourth-order valence-electron chi connectivity index (χ4n) is 2.15. The number of hydrogen-bond donors (Lipinski definition) is 2. The van der Waals surface area contributed by atoms with Crippen LogP contribution in [0.3, 0.4) is 0 Å². The Balaban J connectivity index is 1.67. The fraction of sp³-hybridized carbons (Fsp3) is 0.278. The average Bonchev–Trinajstić information content (AvgIpc) is 2.55. The van der Waals surface area contributed by atoms with E-state index in [1.165, 1.54) is 0 Å². The zero-order valence-electron chi connectivity index (χ0n) is 12.4. The van der Waals surface area contributed by atoms with Crippen LogP contribution >= 0.6 is 11.6 Å². The number of carbonyl (C=O) groups excluding carboxylic acids is 1. The summed E-state index contributed by atoms with van der Waals surface area (Å²) in [4.78, 5) is 11.8. The summed E-state index contributed by atoms with van der Waals surface area (Å²) in [7, 11) is 0. The number of halogens is 1. The first kappa shape index (κ1) is 16.5. The highest BCUT2D eigenvalue weighted by atomic mass is 35.5. The van der Waals surface area contributed by atoms with E-state index in [1.807, 2.05) is 48.5 Å². The van der Waals surface area contributed by atoms with Crippen LogP contribution in [-0.4, -0.2) is 17.6 Å². The van der Waals surface area contributed by atoms with Crippen molar-refractivity contribution in [3.63, 3.8) is 0 Å². The van der Waals surface area contributed by atoms with Gasteiger partial charge in [-0.2, -0.15) is 0 Å². The Hall–Kier alpha value is -1.84. The second kappa shape index (κ2) is 8.57. The zero-order valence-corrected chi connectivity index (χ0v) is 13.1. The molecule has 116 valence electrons. The Labute approximate surface area is 135 Å². The lowest BCUT2D eigenvalue weighted by molar-refractivity contribution is -0.121. The van der Waals surface area contributed by atoms with Crippen molar-refractivity contribution in [1.29, 1.82) is 0 Å². The SMILES string of the molecule is O=C(CCc1ccc(Cl)cc1)NCCc1ccc(CO)cc1. The Morgan fingerprint density at radius 1 is 0.909 bits per heavy atom. The fourth-order valence-corrected chi connectivity index (χ4v) is 2.28. The van der Waals surface area contributed by atoms with Crippen molar-refractivity contribution in [1.82, 2.24) is 5.32 Å². The minimum atomic E-state index is 0.0573. The van der Waals surface area contributed by atoms with E-state index < -0.39 is 0 Å². The molecule has 0 unspecified atom stereocenters. The van der Waals surface area contributed by atoms with E-state index >= 15 is 0 Å². The third-order valence-corrected chi connectivity index (χ3v) is 3.75. The lowest BCUT2D eigenvalue weighted by Crippen LogP contribution is -2.25. The number of amides is 1. The first-order valence-corrected chi connectivity index (χ1v) is 7.75. The summed E-state index contributed by atoms with van der Waals surface area (Å²) in [5, 5.41) is 12.6. The van der Waals surface area contributed by atoms with Crippen molar-refractivity contribution >= 4 is 17.5 Å². The van der Waals surface area contributed by atoms with Crippen LogP contribution < -0.4 is 5.32 Å². The third kappa shape index (κ3) is 5.51. The van der Waals surface area contributed by atoms with Crippen molar-refractivity contribution in [3.8, 4) is 0 Å². The molecule has 0 spiro atoms. The molecular formula is C18H20ClNO2. The van der Waals surface area contributed by atoms with Gasteiger partial charge in [0.1, 0.15) is 0 Å². The van der Waals surface area contributed by atoms with Crippen molar-refractivity contribution in [2.45, 2.75) is 25.9 Å². The number of hydrogen-bond acceptors (Lipinski definition) is 2. The van der Waals surface area contributed by atoms with Gasteiger partial charge in [0.2, 0.25) is 5.91 Å². The molecule has 22 heavy (non-hydrogen) atoms. The zero-order chi connectivity index (χ0) is 15.8. The highest BCUT2D eigenvalue weighted by Crippen LogP contribution is 2.11. The molecule has 0 bridgehead atoms. The summed E-state index contributed by atoms with van der Waals surface area (Å²) >= 11 is 5.83. The van der Waals surface area contributed by atoms with Crippen LogP contribution in [0.15, 0.2) is 48.5 Å². The molecule has 0 atom stereocenters. The summed E-state index contributed by atoms with van der Waals surface area (Å²) in [6, 6.07) is 15.3. The molecule has 0 saturated carbocycles. The average molecular weight is 318 g/mol. The summed E-state index contributed by atoms with van der Waals surface area (Å²) in [5.41, 5.74) is 3.16. The predicted octanol–water partition coefficient (Wildman–Crippen LogP) is 3.12. The summed E-state index contributed by atoms with van der Waals surface area (Å²) < 4.78 is 0. The molecule has 2 aromatic carbocycles. The van der Waals surface area contributed by atoms with Crippen LogP contribution in [0.25, 0.3) is 0 Å². The molecule has 4 heteroatoms. The molecule has 2 N–H and O–H groups in total. The largest absolute Gasteiger partial charge is 0.392 e. The molecular weight excluding hydrogens is 298 g/mol. The maximum Gasteiger partial charge on any atom is 0.220 e. The minimum Gasteiger partial charge on any atom is -0.392 e. The van der Waals surface area contributed by atoms with Gasteiger partial charge in [0.25, 0.3) is 0 Å². The number of rotatable bonds is 7. The van der Waals surface area contributed by atoms with Crippen LogP contribution in [0.2, 0.25) is 5.02 Å². The van der Waals surface area contributed by atoms with Gasteiger partial charge in [0.15, 0.2) is 0 Å². The van der Waals surface area contributed by atoms with Crippen LogP contribution in [-0.2, 0) is 24.2 Å². The number of nitrogens with one attached hydrogen (secondary N) is 1. The van der Waals surface area contributed by atoms with Gasteiger partial charge in [-0.3, -0.25) is 4.79 Å². The second-order valence-electron chi connectivity index (χ2n) is 5.20. The van der Waals surface area contributed by atoms with Gasteiger partial charge in [-0.25, -0.2) is 0 Å².